The van der Waals surface area contributed by atoms with E-state index in [1.54, 1.807) is 30.3 Å². The zero-order chi connectivity index (χ0) is 23.7. The zero-order valence-corrected chi connectivity index (χ0v) is 19.0. The van der Waals surface area contributed by atoms with E-state index in [-0.39, 0.29) is 24.0 Å². The smallest absolute Gasteiger partial charge is 0.295 e. The molecule has 1 N–H and O–H groups in total. The van der Waals surface area contributed by atoms with Crippen LogP contribution in [0.25, 0.3) is 5.76 Å². The number of ketones is 1. The van der Waals surface area contributed by atoms with Crippen LogP contribution in [0.2, 0.25) is 0 Å². The number of Topliss-reactive ketones (excluding diaryl/α,β-unsaturated/α-hetero) is 1. The Morgan fingerprint density at radius 2 is 1.82 bits per heavy atom. The van der Waals surface area contributed by atoms with Gasteiger partial charge in [0.2, 0.25) is 0 Å². The van der Waals surface area contributed by atoms with Crippen LogP contribution in [0, 0.1) is 0 Å². The van der Waals surface area contributed by atoms with Crippen molar-refractivity contribution in [3.05, 3.63) is 59.2 Å². The number of amides is 1. The fourth-order valence-corrected chi connectivity index (χ4v) is 4.68. The second-order valence-corrected chi connectivity index (χ2v) is 8.45. The van der Waals surface area contributed by atoms with Crippen LogP contribution in [0.5, 0.6) is 17.2 Å². The molecule has 0 bridgehead atoms. The maximum Gasteiger partial charge on any atom is 0.295 e. The summed E-state index contributed by atoms with van der Waals surface area (Å²) in [6, 6.07) is 11.5. The highest BCUT2D eigenvalue weighted by atomic mass is 16.6. The molecule has 0 radical (unpaired) electrons. The highest BCUT2D eigenvalue weighted by Crippen LogP contribution is 2.42. The second kappa shape index (κ2) is 9.38. The van der Waals surface area contributed by atoms with Crippen molar-refractivity contribution < 1.29 is 33.6 Å². The predicted octanol–water partition coefficient (Wildman–Crippen LogP) is 3.46. The molecule has 2 fully saturated rings. The topological polar surface area (TPSA) is 94.5 Å². The first-order valence-electron chi connectivity index (χ1n) is 11.6. The minimum atomic E-state index is -0.743. The normalized spacial score (nSPS) is 23.4. The molecule has 0 spiro atoms. The Labute approximate surface area is 197 Å². The van der Waals surface area contributed by atoms with E-state index in [1.807, 2.05) is 19.1 Å². The van der Waals surface area contributed by atoms with E-state index in [4.69, 9.17) is 18.9 Å². The van der Waals surface area contributed by atoms with Crippen molar-refractivity contribution in [2.45, 2.75) is 31.9 Å². The predicted molar refractivity (Wildman–Crippen MR) is 123 cm³/mol. The van der Waals surface area contributed by atoms with Crippen molar-refractivity contribution >= 4 is 17.4 Å². The molecule has 2 unspecified atom stereocenters. The molecule has 0 saturated carbocycles. The quantitative estimate of drug-likeness (QED) is 0.397. The molecule has 3 aliphatic heterocycles. The average Bonchev–Trinajstić information content (AvgIpc) is 3.46. The van der Waals surface area contributed by atoms with Crippen LogP contribution in [0.1, 0.15) is 36.9 Å². The van der Waals surface area contributed by atoms with Crippen molar-refractivity contribution in [2.75, 3.05) is 33.0 Å². The number of carbonyl (C=O) groups excluding carboxylic acids is 2. The summed E-state index contributed by atoms with van der Waals surface area (Å²) in [5, 5.41) is 11.3. The number of rotatable bonds is 6. The number of aliphatic hydroxyl groups is 1. The van der Waals surface area contributed by atoms with E-state index in [0.29, 0.717) is 54.8 Å². The number of hydrogen-bond donors (Lipinski definition) is 1. The number of ether oxygens (including phenoxy) is 4. The highest BCUT2D eigenvalue weighted by Gasteiger charge is 2.47. The van der Waals surface area contributed by atoms with Gasteiger partial charge >= 0.3 is 0 Å². The van der Waals surface area contributed by atoms with E-state index in [2.05, 4.69) is 0 Å². The monoisotopic (exact) mass is 465 g/mol. The van der Waals surface area contributed by atoms with Crippen LogP contribution in [0.4, 0.5) is 0 Å². The summed E-state index contributed by atoms with van der Waals surface area (Å²) in [6.45, 7) is 4.19. The molecular weight excluding hydrogens is 438 g/mol. The van der Waals surface area contributed by atoms with E-state index >= 15 is 0 Å². The minimum Gasteiger partial charge on any atom is -0.507 e. The fourth-order valence-electron chi connectivity index (χ4n) is 4.68. The molecule has 2 saturated heterocycles. The Hall–Kier alpha value is -3.52. The van der Waals surface area contributed by atoms with E-state index in [9.17, 15) is 14.7 Å². The van der Waals surface area contributed by atoms with Crippen LogP contribution in [0.3, 0.4) is 0 Å². The van der Waals surface area contributed by atoms with E-state index in [0.717, 1.165) is 12.8 Å². The van der Waals surface area contributed by atoms with Gasteiger partial charge in [-0.15, -0.1) is 0 Å². The molecule has 2 aromatic carbocycles. The van der Waals surface area contributed by atoms with Crippen molar-refractivity contribution in [1.29, 1.82) is 0 Å². The third kappa shape index (κ3) is 4.09. The summed E-state index contributed by atoms with van der Waals surface area (Å²) in [5.74, 6) is 0.141. The first kappa shape index (κ1) is 22.3. The van der Waals surface area contributed by atoms with Crippen LogP contribution in [-0.4, -0.2) is 60.8 Å². The molecule has 8 nitrogen and oxygen atoms in total. The average molecular weight is 466 g/mol. The van der Waals surface area contributed by atoms with Crippen molar-refractivity contribution in [1.82, 2.24) is 4.90 Å². The number of nitrogens with zero attached hydrogens (tertiary/aromatic N) is 1. The second-order valence-electron chi connectivity index (χ2n) is 8.45. The maximum atomic E-state index is 13.2. The molecule has 5 rings (SSSR count). The van der Waals surface area contributed by atoms with Gasteiger partial charge in [0.25, 0.3) is 11.7 Å². The summed E-state index contributed by atoms with van der Waals surface area (Å²) in [4.78, 5) is 27.9. The summed E-state index contributed by atoms with van der Waals surface area (Å²) in [7, 11) is 0. The van der Waals surface area contributed by atoms with Crippen molar-refractivity contribution in [3.63, 3.8) is 0 Å². The summed E-state index contributed by atoms with van der Waals surface area (Å²) in [6.07, 6.45) is 1.60. The summed E-state index contributed by atoms with van der Waals surface area (Å²) < 4.78 is 22.5. The number of aliphatic hydroxyl groups excluding tert-OH is 1. The molecule has 3 aliphatic rings. The lowest BCUT2D eigenvalue weighted by molar-refractivity contribution is -0.140. The standard InChI is InChI=1S/C26H27NO7/c1-2-31-18-8-5-16(6-9-18)23-22(25(29)26(30)27(23)15-19-4-3-11-32-19)24(28)17-7-10-20-21(14-17)34-13-12-33-20/h5-10,14,19,23,28H,2-4,11-13,15H2,1H3/b24-22-. The van der Waals surface area contributed by atoms with Crippen LogP contribution < -0.4 is 14.2 Å². The number of carbonyl (C=O) groups is 2. The Kier molecular flexibility index (Phi) is 6.15. The first-order chi connectivity index (χ1) is 16.6. The van der Waals surface area contributed by atoms with Crippen LogP contribution in [0.15, 0.2) is 48.0 Å². The SMILES string of the molecule is CCOc1ccc(C2/C(=C(/O)c3ccc4c(c3)OCCO4)C(=O)C(=O)N2CC2CCCO2)cc1. The molecule has 8 heteroatoms. The minimum absolute atomic E-state index is 0.0452. The molecule has 2 aromatic rings. The van der Waals surface area contributed by atoms with Gasteiger partial charge in [-0.1, -0.05) is 12.1 Å². The zero-order valence-electron chi connectivity index (χ0n) is 19.0. The lowest BCUT2D eigenvalue weighted by Crippen LogP contribution is -2.36. The fraction of sp³-hybridized carbons (Fsp3) is 0.385. The number of benzene rings is 2. The lowest BCUT2D eigenvalue weighted by Gasteiger charge is -2.27. The molecule has 3 heterocycles. The van der Waals surface area contributed by atoms with Gasteiger partial charge in [-0.05, 0) is 55.7 Å². The van der Waals surface area contributed by atoms with Crippen molar-refractivity contribution in [2.24, 2.45) is 0 Å². The lowest BCUT2D eigenvalue weighted by atomic mass is 9.95. The first-order valence-corrected chi connectivity index (χ1v) is 11.6. The molecular formula is C26H27NO7. The Balaban J connectivity index is 1.58. The van der Waals surface area contributed by atoms with Gasteiger partial charge in [-0.25, -0.2) is 0 Å². The molecule has 178 valence electrons. The molecule has 0 aliphatic carbocycles. The number of hydrogen-bond acceptors (Lipinski definition) is 7. The highest BCUT2D eigenvalue weighted by molar-refractivity contribution is 6.46. The molecule has 0 aromatic heterocycles. The Morgan fingerprint density at radius 3 is 2.53 bits per heavy atom. The number of fused-ring (bicyclic) bond motifs is 1. The maximum absolute atomic E-state index is 13.2. The van der Waals surface area contributed by atoms with Gasteiger partial charge in [0.15, 0.2) is 11.5 Å². The van der Waals surface area contributed by atoms with Gasteiger partial charge in [0.1, 0.15) is 24.7 Å². The van der Waals surface area contributed by atoms with Crippen LogP contribution >= 0.6 is 0 Å². The summed E-state index contributed by atoms with van der Waals surface area (Å²) >= 11 is 0. The van der Waals surface area contributed by atoms with Crippen molar-refractivity contribution in [3.8, 4) is 17.2 Å². The summed E-state index contributed by atoms with van der Waals surface area (Å²) in [5.41, 5.74) is 1.14. The van der Waals surface area contributed by atoms with E-state index in [1.165, 1.54) is 4.90 Å². The van der Waals surface area contributed by atoms with Gasteiger partial charge in [-0.3, -0.25) is 9.59 Å². The third-order valence-electron chi connectivity index (χ3n) is 6.29. The largest absolute Gasteiger partial charge is 0.507 e. The number of likely N-dealkylation sites (tertiary alicyclic amines) is 1. The Bertz CT molecular complexity index is 1120. The molecule has 2 atom stereocenters. The van der Waals surface area contributed by atoms with Gasteiger partial charge in [0.05, 0.1) is 24.3 Å². The van der Waals surface area contributed by atoms with Gasteiger partial charge in [0, 0.05) is 18.7 Å². The Morgan fingerprint density at radius 1 is 1.06 bits per heavy atom. The van der Waals surface area contributed by atoms with E-state index < -0.39 is 17.7 Å². The van der Waals surface area contributed by atoms with Crippen LogP contribution in [-0.2, 0) is 14.3 Å². The van der Waals surface area contributed by atoms with Gasteiger partial charge < -0.3 is 29.0 Å². The molecule has 1 amide bonds. The molecule has 34 heavy (non-hydrogen) atoms. The van der Waals surface area contributed by atoms with Gasteiger partial charge in [-0.2, -0.15) is 0 Å². The third-order valence-corrected chi connectivity index (χ3v) is 6.29.